The smallest absolute Gasteiger partial charge is 0.000970 e. The third-order valence-electron chi connectivity index (χ3n) is 2.24. The molecule has 0 aromatic rings. The first-order valence-electron chi connectivity index (χ1n) is 3.38. The van der Waals surface area contributed by atoms with Crippen LogP contribution in [0.15, 0.2) is 0 Å². The summed E-state index contributed by atoms with van der Waals surface area (Å²) in [5.41, 5.74) is 0. The third-order valence-corrected chi connectivity index (χ3v) is 2.24. The van der Waals surface area contributed by atoms with Crippen molar-refractivity contribution in [1.29, 1.82) is 0 Å². The number of hydrogen-bond acceptors (Lipinski definition) is 1. The van der Waals surface area contributed by atoms with Crippen LogP contribution in [0.5, 0.6) is 0 Å². The largest absolute Gasteiger partial charge is 0.306 e. The summed E-state index contributed by atoms with van der Waals surface area (Å²) in [7, 11) is 2.21. The van der Waals surface area contributed by atoms with Gasteiger partial charge in [0.15, 0.2) is 0 Å². The van der Waals surface area contributed by atoms with E-state index in [1.54, 1.807) is 0 Å². The first-order valence-corrected chi connectivity index (χ1v) is 3.38. The molecular weight excluding hydrogens is 98.1 g/mol. The van der Waals surface area contributed by atoms with Crippen molar-refractivity contribution in [2.75, 3.05) is 20.1 Å². The van der Waals surface area contributed by atoms with E-state index in [-0.39, 0.29) is 0 Å². The van der Waals surface area contributed by atoms with Crippen molar-refractivity contribution in [3.8, 4) is 0 Å². The molecule has 0 amide bonds. The number of fused-ring (bicyclic) bond motifs is 2. The molecule has 1 radical (unpaired) electrons. The second kappa shape index (κ2) is 1.47. The maximum Gasteiger partial charge on any atom is 0.000970 e. The fraction of sp³-hybridized carbons (Fsp3) is 0.857. The summed E-state index contributed by atoms with van der Waals surface area (Å²) in [5, 5.41) is 0. The predicted octanol–water partition coefficient (Wildman–Crippen LogP) is 0.772. The van der Waals surface area contributed by atoms with Crippen LogP contribution in [0.4, 0.5) is 0 Å². The molecule has 1 heteroatoms. The van der Waals surface area contributed by atoms with Gasteiger partial charge < -0.3 is 4.90 Å². The number of rotatable bonds is 0. The monoisotopic (exact) mass is 110 g/mol. The quantitative estimate of drug-likeness (QED) is 0.445. The fourth-order valence-corrected chi connectivity index (χ4v) is 1.88. The average molecular weight is 110 g/mol. The molecule has 2 bridgehead atoms. The second-order valence-electron chi connectivity index (χ2n) is 3.17. The Labute approximate surface area is 50.7 Å². The van der Waals surface area contributed by atoms with Crippen LogP contribution in [-0.4, -0.2) is 25.0 Å². The van der Waals surface area contributed by atoms with Crippen molar-refractivity contribution < 1.29 is 0 Å². The molecule has 1 saturated carbocycles. The number of piperidine rings is 2. The molecule has 3 fully saturated rings. The minimum Gasteiger partial charge on any atom is -0.306 e. The van der Waals surface area contributed by atoms with Gasteiger partial charge >= 0.3 is 0 Å². The van der Waals surface area contributed by atoms with Crippen LogP contribution in [0.3, 0.4) is 0 Å². The maximum absolute atomic E-state index is 2.50. The van der Waals surface area contributed by atoms with Crippen LogP contribution in [-0.2, 0) is 0 Å². The van der Waals surface area contributed by atoms with E-state index in [2.05, 4.69) is 18.4 Å². The molecule has 0 spiro atoms. The third kappa shape index (κ3) is 0.576. The van der Waals surface area contributed by atoms with Gasteiger partial charge in [0.05, 0.1) is 0 Å². The van der Waals surface area contributed by atoms with Crippen LogP contribution in [0.2, 0.25) is 0 Å². The van der Waals surface area contributed by atoms with Crippen LogP contribution in [0.1, 0.15) is 6.42 Å². The highest BCUT2D eigenvalue weighted by atomic mass is 15.1. The zero-order valence-corrected chi connectivity index (χ0v) is 5.30. The van der Waals surface area contributed by atoms with E-state index in [1.165, 1.54) is 19.5 Å². The molecule has 1 aliphatic carbocycles. The molecule has 2 heterocycles. The lowest BCUT2D eigenvalue weighted by Crippen LogP contribution is -2.47. The Hall–Kier alpha value is -0.0400. The summed E-state index contributed by atoms with van der Waals surface area (Å²) in [5.74, 6) is 1.91. The van der Waals surface area contributed by atoms with Crippen molar-refractivity contribution >= 4 is 0 Å². The lowest BCUT2D eigenvalue weighted by Gasteiger charge is -2.45. The van der Waals surface area contributed by atoms with Crippen molar-refractivity contribution in [2.45, 2.75) is 6.42 Å². The highest BCUT2D eigenvalue weighted by molar-refractivity contribution is 5.02. The van der Waals surface area contributed by atoms with Crippen LogP contribution in [0.25, 0.3) is 0 Å². The van der Waals surface area contributed by atoms with Gasteiger partial charge in [0, 0.05) is 13.1 Å². The van der Waals surface area contributed by atoms with Crippen molar-refractivity contribution in [2.24, 2.45) is 11.8 Å². The summed E-state index contributed by atoms with van der Waals surface area (Å²) in [4.78, 5) is 2.43. The molecule has 0 N–H and O–H groups in total. The Morgan fingerprint density at radius 2 is 1.88 bits per heavy atom. The van der Waals surface area contributed by atoms with E-state index in [0.717, 1.165) is 11.8 Å². The molecule has 1 nitrogen and oxygen atoms in total. The zero-order valence-electron chi connectivity index (χ0n) is 5.30. The summed E-state index contributed by atoms with van der Waals surface area (Å²) < 4.78 is 0. The van der Waals surface area contributed by atoms with Crippen LogP contribution < -0.4 is 0 Å². The van der Waals surface area contributed by atoms with Crippen molar-refractivity contribution in [1.82, 2.24) is 4.90 Å². The summed E-state index contributed by atoms with van der Waals surface area (Å²) in [6, 6.07) is 0. The molecule has 2 saturated heterocycles. The molecule has 0 aromatic heterocycles. The second-order valence-corrected chi connectivity index (χ2v) is 3.17. The Morgan fingerprint density at radius 3 is 2.12 bits per heavy atom. The SMILES string of the molecule is CN1CC2[CH]C(C2)C1. The lowest BCUT2D eigenvalue weighted by molar-refractivity contribution is 0.108. The van der Waals surface area contributed by atoms with Gasteiger partial charge in [0.25, 0.3) is 0 Å². The van der Waals surface area contributed by atoms with Crippen LogP contribution >= 0.6 is 0 Å². The summed E-state index contributed by atoms with van der Waals surface area (Å²) in [6.07, 6.45) is 3.98. The Balaban J connectivity index is 1.97. The van der Waals surface area contributed by atoms with E-state index in [4.69, 9.17) is 0 Å². The first-order chi connectivity index (χ1) is 3.84. The van der Waals surface area contributed by atoms with E-state index < -0.39 is 0 Å². The van der Waals surface area contributed by atoms with E-state index in [0.29, 0.717) is 0 Å². The Morgan fingerprint density at radius 1 is 1.38 bits per heavy atom. The normalized spacial score (nSPS) is 46.1. The first kappa shape index (κ1) is 4.80. The standard InChI is InChI=1S/C7H12N/c1-8-4-6-2-7(3-6)5-8/h2,6-7H,3-5H2,1H3. The topological polar surface area (TPSA) is 3.24 Å². The van der Waals surface area contributed by atoms with Crippen molar-refractivity contribution in [3.05, 3.63) is 6.42 Å². The fourth-order valence-electron chi connectivity index (χ4n) is 1.88. The molecule has 45 valence electrons. The predicted molar refractivity (Wildman–Crippen MR) is 33.4 cm³/mol. The van der Waals surface area contributed by atoms with Gasteiger partial charge in [-0.25, -0.2) is 0 Å². The van der Waals surface area contributed by atoms with E-state index >= 15 is 0 Å². The van der Waals surface area contributed by atoms with E-state index in [1.807, 2.05) is 0 Å². The summed E-state index contributed by atoms with van der Waals surface area (Å²) in [6.45, 7) is 2.63. The molecule has 2 atom stereocenters. The molecule has 3 aliphatic rings. The molecule has 3 rings (SSSR count). The molecule has 2 unspecified atom stereocenters. The Bertz CT molecular complexity index is 84.6. The van der Waals surface area contributed by atoms with Gasteiger partial charge in [-0.15, -0.1) is 0 Å². The Kier molecular flexibility index (Phi) is 0.884. The van der Waals surface area contributed by atoms with Gasteiger partial charge in [-0.2, -0.15) is 0 Å². The average Bonchev–Trinajstić information content (AvgIpc) is 1.62. The van der Waals surface area contributed by atoms with Crippen LogP contribution in [0, 0.1) is 18.3 Å². The molecule has 0 aromatic carbocycles. The highest BCUT2D eigenvalue weighted by Crippen LogP contribution is 2.37. The van der Waals surface area contributed by atoms with Gasteiger partial charge in [0.2, 0.25) is 0 Å². The van der Waals surface area contributed by atoms with Gasteiger partial charge in [-0.05, 0) is 31.7 Å². The zero-order chi connectivity index (χ0) is 5.56. The number of hydrogen-bond donors (Lipinski definition) is 0. The highest BCUT2D eigenvalue weighted by Gasteiger charge is 2.35. The van der Waals surface area contributed by atoms with Gasteiger partial charge in [-0.3, -0.25) is 0 Å². The minimum atomic E-state index is 0.957. The number of nitrogens with zero attached hydrogens (tertiary/aromatic N) is 1. The molecule has 8 heavy (non-hydrogen) atoms. The maximum atomic E-state index is 2.50. The lowest BCUT2D eigenvalue weighted by atomic mass is 9.71. The van der Waals surface area contributed by atoms with E-state index in [9.17, 15) is 0 Å². The van der Waals surface area contributed by atoms with Crippen molar-refractivity contribution in [3.63, 3.8) is 0 Å². The molecular formula is C7H12N. The molecule has 2 aliphatic heterocycles. The van der Waals surface area contributed by atoms with Gasteiger partial charge in [-0.1, -0.05) is 0 Å². The minimum absolute atomic E-state index is 0.957. The summed E-state index contributed by atoms with van der Waals surface area (Å²) >= 11 is 0. The van der Waals surface area contributed by atoms with Gasteiger partial charge in [0.1, 0.15) is 0 Å².